The summed E-state index contributed by atoms with van der Waals surface area (Å²) in [6.45, 7) is 3.92. The average Bonchev–Trinajstić information content (AvgIpc) is 2.78. The number of hydrogen-bond acceptors (Lipinski definition) is 4. The van der Waals surface area contributed by atoms with E-state index in [1.165, 1.54) is 57.8 Å². The second kappa shape index (κ2) is 22.7. The van der Waals surface area contributed by atoms with Gasteiger partial charge in [0.2, 0.25) is 5.91 Å². The molecule has 0 spiro atoms. The summed E-state index contributed by atoms with van der Waals surface area (Å²) in [7, 11) is -4.68. The smallest absolute Gasteiger partial charge is 0.387 e. The second-order valence-corrected chi connectivity index (χ2v) is 10.6. The molecule has 4 N–H and O–H groups in total. The molecule has 1 amide bonds. The van der Waals surface area contributed by atoms with Crippen LogP contribution in [0.4, 0.5) is 0 Å². The van der Waals surface area contributed by atoms with Gasteiger partial charge in [-0.2, -0.15) is 0 Å². The van der Waals surface area contributed by atoms with Gasteiger partial charge in [-0.1, -0.05) is 116 Å². The highest BCUT2D eigenvalue weighted by Gasteiger charge is 2.24. The van der Waals surface area contributed by atoms with E-state index < -0.39 is 26.6 Å². The van der Waals surface area contributed by atoms with Gasteiger partial charge >= 0.3 is 7.82 Å². The Morgan fingerprint density at radius 2 is 1.29 bits per heavy atom. The minimum absolute atomic E-state index is 0.242. The Bertz CT molecular complexity index is 551. The van der Waals surface area contributed by atoms with Crippen LogP contribution in [0.25, 0.3) is 0 Å². The van der Waals surface area contributed by atoms with Crippen LogP contribution < -0.4 is 5.32 Å². The van der Waals surface area contributed by atoms with Gasteiger partial charge in [0.1, 0.15) is 0 Å². The quantitative estimate of drug-likeness (QED) is 0.0671. The topological polar surface area (TPSA) is 116 Å². The van der Waals surface area contributed by atoms with Crippen molar-refractivity contribution in [3.63, 3.8) is 0 Å². The normalized spacial score (nSPS) is 13.9. The van der Waals surface area contributed by atoms with Crippen molar-refractivity contribution in [1.82, 2.24) is 5.32 Å². The minimum Gasteiger partial charge on any atom is -0.387 e. The van der Waals surface area contributed by atoms with Gasteiger partial charge in [-0.15, -0.1) is 0 Å². The number of aliphatic hydroxyl groups excluding tert-OH is 1. The molecule has 0 saturated carbocycles. The van der Waals surface area contributed by atoms with Gasteiger partial charge in [0.15, 0.2) is 0 Å². The Morgan fingerprint density at radius 3 is 1.79 bits per heavy atom. The number of hydrogen-bond donors (Lipinski definition) is 4. The molecule has 0 fully saturated rings. The molecule has 0 aromatic rings. The highest BCUT2D eigenvalue weighted by Crippen LogP contribution is 2.35. The summed E-state index contributed by atoms with van der Waals surface area (Å²) in [5.41, 5.74) is 0. The molecule has 0 aromatic heterocycles. The zero-order valence-corrected chi connectivity index (χ0v) is 22.7. The number of allylic oxidation sites excluding steroid dienone is 1. The maximum absolute atomic E-state index is 12.2. The van der Waals surface area contributed by atoms with Crippen molar-refractivity contribution in [1.29, 1.82) is 0 Å². The second-order valence-electron chi connectivity index (χ2n) is 9.37. The number of aliphatic hydroxyl groups is 1. The lowest BCUT2D eigenvalue weighted by molar-refractivity contribution is -0.123. The van der Waals surface area contributed by atoms with Gasteiger partial charge in [-0.25, -0.2) is 4.57 Å². The molecule has 0 heterocycles. The van der Waals surface area contributed by atoms with Crippen LogP contribution in [-0.4, -0.2) is 39.6 Å². The number of amides is 1. The number of unbranched alkanes of at least 4 members (excludes halogenated alkanes) is 15. The molecule has 0 bridgehead atoms. The number of carbonyl (C=O) groups excluding carboxylic acids is 1. The van der Waals surface area contributed by atoms with Crippen LogP contribution in [0.3, 0.4) is 0 Å². The molecular weight excluding hydrogens is 453 g/mol. The zero-order valence-electron chi connectivity index (χ0n) is 21.8. The average molecular weight is 506 g/mol. The molecule has 202 valence electrons. The Balaban J connectivity index is 4.16. The summed E-state index contributed by atoms with van der Waals surface area (Å²) >= 11 is 0. The fourth-order valence-electron chi connectivity index (χ4n) is 3.87. The predicted octanol–water partition coefficient (Wildman–Crippen LogP) is 6.56. The van der Waals surface area contributed by atoms with E-state index in [0.717, 1.165) is 51.4 Å². The number of phosphoric acid groups is 1. The van der Waals surface area contributed by atoms with E-state index in [1.807, 2.05) is 6.08 Å². The molecule has 0 rings (SSSR count). The standard InChI is InChI=1S/C26H52NO6P/c1-3-5-7-9-10-11-12-13-14-15-16-18-19-21-25(28)24(23-33-34(30,31)32)27-26(29)22-20-17-8-6-4-2/h19,21,24-25,28H,3-18,20,22-23H2,1-2H3,(H,27,29)(H2,30,31,32)/b21-19+/t24-,25-/m1/s1. The van der Waals surface area contributed by atoms with E-state index in [-0.39, 0.29) is 5.91 Å². The molecule has 8 heteroatoms. The molecule has 0 aromatic carbocycles. The molecule has 0 aliphatic heterocycles. The van der Waals surface area contributed by atoms with E-state index >= 15 is 0 Å². The van der Waals surface area contributed by atoms with Crippen LogP contribution in [0, 0.1) is 0 Å². The maximum atomic E-state index is 12.2. The Hall–Kier alpha value is -0.720. The summed E-state index contributed by atoms with van der Waals surface area (Å²) in [4.78, 5) is 30.2. The molecule has 0 aliphatic carbocycles. The van der Waals surface area contributed by atoms with Gasteiger partial charge in [0.05, 0.1) is 18.8 Å². The first kappa shape index (κ1) is 33.3. The molecular formula is C26H52NO6P. The highest BCUT2D eigenvalue weighted by molar-refractivity contribution is 7.46. The Labute approximate surface area is 208 Å². The van der Waals surface area contributed by atoms with Crippen molar-refractivity contribution in [2.45, 2.75) is 142 Å². The zero-order chi connectivity index (χ0) is 25.5. The molecule has 0 unspecified atom stereocenters. The number of rotatable bonds is 24. The molecule has 0 saturated heterocycles. The minimum atomic E-state index is -4.68. The van der Waals surface area contributed by atoms with Crippen LogP contribution in [0.5, 0.6) is 0 Å². The van der Waals surface area contributed by atoms with Crippen molar-refractivity contribution in [2.24, 2.45) is 0 Å². The monoisotopic (exact) mass is 505 g/mol. The lowest BCUT2D eigenvalue weighted by Crippen LogP contribution is -2.45. The van der Waals surface area contributed by atoms with E-state index in [2.05, 4.69) is 23.7 Å². The molecule has 0 aliphatic rings. The van der Waals surface area contributed by atoms with E-state index in [1.54, 1.807) is 6.08 Å². The van der Waals surface area contributed by atoms with Crippen LogP contribution >= 0.6 is 7.82 Å². The molecule has 0 radical (unpaired) electrons. The lowest BCUT2D eigenvalue weighted by Gasteiger charge is -2.22. The fourth-order valence-corrected chi connectivity index (χ4v) is 4.22. The van der Waals surface area contributed by atoms with Crippen molar-refractivity contribution in [3.8, 4) is 0 Å². The third-order valence-corrected chi connectivity index (χ3v) is 6.48. The summed E-state index contributed by atoms with van der Waals surface area (Å²) < 4.78 is 15.6. The first-order valence-electron chi connectivity index (χ1n) is 13.6. The van der Waals surface area contributed by atoms with Crippen LogP contribution in [-0.2, 0) is 13.9 Å². The number of carbonyl (C=O) groups is 1. The van der Waals surface area contributed by atoms with Gasteiger partial charge in [-0.05, 0) is 19.3 Å². The first-order chi connectivity index (χ1) is 16.3. The summed E-state index contributed by atoms with van der Waals surface area (Å²) in [5.74, 6) is -0.242. The highest BCUT2D eigenvalue weighted by atomic mass is 31.2. The van der Waals surface area contributed by atoms with Gasteiger partial charge in [0.25, 0.3) is 0 Å². The van der Waals surface area contributed by atoms with Crippen molar-refractivity contribution < 1.29 is 28.8 Å². The predicted molar refractivity (Wildman–Crippen MR) is 140 cm³/mol. The first-order valence-corrected chi connectivity index (χ1v) is 15.2. The molecule has 7 nitrogen and oxygen atoms in total. The van der Waals surface area contributed by atoms with E-state index in [0.29, 0.717) is 6.42 Å². The summed E-state index contributed by atoms with van der Waals surface area (Å²) in [6, 6.07) is -0.899. The van der Waals surface area contributed by atoms with Crippen LogP contribution in [0.15, 0.2) is 12.2 Å². The van der Waals surface area contributed by atoms with Crippen LogP contribution in [0.1, 0.15) is 129 Å². The summed E-state index contributed by atoms with van der Waals surface area (Å²) in [5, 5.41) is 13.1. The Kier molecular flexibility index (Phi) is 22.2. The van der Waals surface area contributed by atoms with Gasteiger partial charge in [-0.3, -0.25) is 9.32 Å². The van der Waals surface area contributed by atoms with E-state index in [4.69, 9.17) is 9.79 Å². The fraction of sp³-hybridized carbons (Fsp3) is 0.885. The van der Waals surface area contributed by atoms with Crippen LogP contribution in [0.2, 0.25) is 0 Å². The largest absolute Gasteiger partial charge is 0.469 e. The Morgan fingerprint density at radius 1 is 0.824 bits per heavy atom. The molecule has 34 heavy (non-hydrogen) atoms. The van der Waals surface area contributed by atoms with Gasteiger partial charge < -0.3 is 20.2 Å². The number of nitrogens with one attached hydrogen (secondary N) is 1. The SMILES string of the molecule is CCCCCCCCCCCCC/C=C/[C@@H](O)[C@@H](COP(=O)(O)O)NC(=O)CCCCCCC. The third-order valence-electron chi connectivity index (χ3n) is 6.00. The third kappa shape index (κ3) is 23.0. The molecule has 2 atom stereocenters. The van der Waals surface area contributed by atoms with E-state index in [9.17, 15) is 14.5 Å². The van der Waals surface area contributed by atoms with Crippen molar-refractivity contribution in [3.05, 3.63) is 12.2 Å². The maximum Gasteiger partial charge on any atom is 0.469 e. The van der Waals surface area contributed by atoms with Crippen molar-refractivity contribution >= 4 is 13.7 Å². The summed E-state index contributed by atoms with van der Waals surface area (Å²) in [6.07, 6.45) is 22.7. The van der Waals surface area contributed by atoms with Gasteiger partial charge in [0, 0.05) is 6.42 Å². The number of phosphoric ester groups is 1. The lowest BCUT2D eigenvalue weighted by atomic mass is 10.0. The van der Waals surface area contributed by atoms with Crippen molar-refractivity contribution in [2.75, 3.05) is 6.61 Å².